The molecule has 1 aliphatic rings. The maximum Gasteiger partial charge on any atom is 0.226 e. The van der Waals surface area contributed by atoms with Gasteiger partial charge in [0.15, 0.2) is 9.84 Å². The van der Waals surface area contributed by atoms with Gasteiger partial charge >= 0.3 is 0 Å². The number of carbonyl (C=O) groups excluding carboxylic acids is 1. The van der Waals surface area contributed by atoms with Gasteiger partial charge in [-0.1, -0.05) is 18.7 Å². The molecule has 0 bridgehead atoms. The minimum Gasteiger partial charge on any atom is -0.355 e. The number of hydrogen-bond donors (Lipinski definition) is 1. The zero-order chi connectivity index (χ0) is 14.6. The number of aromatic nitrogens is 1. The number of hydrogen-bond acceptors (Lipinski definition) is 6. The molecule has 1 amide bonds. The van der Waals surface area contributed by atoms with Crippen LogP contribution in [0.2, 0.25) is 0 Å². The molecular formula is C12H18N2O3S3. The highest BCUT2D eigenvalue weighted by Crippen LogP contribution is 2.22. The normalized spacial score (nSPS) is 20.9. The zero-order valence-electron chi connectivity index (χ0n) is 11.3. The first-order valence-corrected chi connectivity index (χ1v) is 10.2. The van der Waals surface area contributed by atoms with E-state index in [1.807, 2.05) is 5.38 Å². The summed E-state index contributed by atoms with van der Waals surface area (Å²) in [6.07, 6.45) is 0.914. The lowest BCUT2D eigenvalue weighted by atomic mass is 10.1. The number of thioether (sulfide) groups is 1. The summed E-state index contributed by atoms with van der Waals surface area (Å²) < 4.78 is 23.6. The zero-order valence-corrected chi connectivity index (χ0v) is 13.7. The van der Waals surface area contributed by atoms with Crippen molar-refractivity contribution in [1.29, 1.82) is 0 Å². The van der Waals surface area contributed by atoms with Gasteiger partial charge in [-0.3, -0.25) is 4.79 Å². The Kier molecular flexibility index (Phi) is 5.45. The number of nitrogens with zero attached hydrogens (tertiary/aromatic N) is 1. The molecule has 0 saturated carbocycles. The van der Waals surface area contributed by atoms with Gasteiger partial charge in [0.2, 0.25) is 5.91 Å². The SMILES string of the molecule is CCSc1nc(CC(=O)NC[C@H]2CCS(=O)(=O)C2)cs1. The second-order valence-electron chi connectivity index (χ2n) is 4.79. The van der Waals surface area contributed by atoms with E-state index in [4.69, 9.17) is 0 Å². The summed E-state index contributed by atoms with van der Waals surface area (Å²) >= 11 is 3.22. The van der Waals surface area contributed by atoms with Gasteiger partial charge in [0, 0.05) is 11.9 Å². The molecular weight excluding hydrogens is 316 g/mol. The van der Waals surface area contributed by atoms with Crippen molar-refractivity contribution in [3.63, 3.8) is 0 Å². The van der Waals surface area contributed by atoms with Gasteiger partial charge < -0.3 is 5.32 Å². The number of nitrogens with one attached hydrogen (secondary N) is 1. The molecule has 5 nitrogen and oxygen atoms in total. The van der Waals surface area contributed by atoms with Crippen LogP contribution < -0.4 is 5.32 Å². The van der Waals surface area contributed by atoms with Crippen LogP contribution in [0.25, 0.3) is 0 Å². The van der Waals surface area contributed by atoms with E-state index in [-0.39, 0.29) is 29.8 Å². The molecule has 0 unspecified atom stereocenters. The van der Waals surface area contributed by atoms with Crippen molar-refractivity contribution in [2.75, 3.05) is 23.8 Å². The van der Waals surface area contributed by atoms with E-state index in [1.54, 1.807) is 23.1 Å². The fourth-order valence-electron chi connectivity index (χ4n) is 2.08. The van der Waals surface area contributed by atoms with Gasteiger partial charge in [0.1, 0.15) is 4.34 Å². The standard InChI is InChI=1S/C12H18N2O3S3/c1-2-18-12-14-10(7-19-12)5-11(15)13-6-9-3-4-20(16,17)8-9/h7,9H,2-6,8H2,1H3,(H,13,15)/t9-/m1/s1. The molecule has 0 spiro atoms. The lowest BCUT2D eigenvalue weighted by Crippen LogP contribution is -2.31. The molecule has 2 rings (SSSR count). The Morgan fingerprint density at radius 3 is 3.05 bits per heavy atom. The quantitative estimate of drug-likeness (QED) is 0.795. The van der Waals surface area contributed by atoms with Gasteiger partial charge in [0.05, 0.1) is 23.6 Å². The number of thiazole rings is 1. The highest BCUT2D eigenvalue weighted by molar-refractivity contribution is 8.00. The summed E-state index contributed by atoms with van der Waals surface area (Å²) in [7, 11) is -2.87. The smallest absolute Gasteiger partial charge is 0.226 e. The Labute approximate surface area is 127 Å². The van der Waals surface area contributed by atoms with Crippen LogP contribution in [0.1, 0.15) is 19.0 Å². The van der Waals surface area contributed by atoms with Crippen LogP contribution in [-0.4, -0.2) is 43.1 Å². The summed E-state index contributed by atoms with van der Waals surface area (Å²) in [5, 5.41) is 4.71. The summed E-state index contributed by atoms with van der Waals surface area (Å²) in [4.78, 5) is 16.2. The molecule has 2 heterocycles. The van der Waals surface area contributed by atoms with Gasteiger partial charge in [-0.05, 0) is 18.1 Å². The largest absolute Gasteiger partial charge is 0.355 e. The summed E-state index contributed by atoms with van der Waals surface area (Å²) in [6, 6.07) is 0. The van der Waals surface area contributed by atoms with Gasteiger partial charge in [-0.25, -0.2) is 13.4 Å². The molecule has 1 atom stereocenters. The van der Waals surface area contributed by atoms with Crippen LogP contribution in [0.4, 0.5) is 0 Å². The van der Waals surface area contributed by atoms with Crippen LogP contribution in [0.3, 0.4) is 0 Å². The molecule has 20 heavy (non-hydrogen) atoms. The van der Waals surface area contributed by atoms with Crippen molar-refractivity contribution in [3.8, 4) is 0 Å². The van der Waals surface area contributed by atoms with Crippen molar-refractivity contribution in [2.45, 2.75) is 24.1 Å². The molecule has 0 aliphatic carbocycles. The van der Waals surface area contributed by atoms with Crippen LogP contribution in [0.15, 0.2) is 9.72 Å². The lowest BCUT2D eigenvalue weighted by Gasteiger charge is -2.08. The Morgan fingerprint density at radius 2 is 2.40 bits per heavy atom. The van der Waals surface area contributed by atoms with Crippen molar-refractivity contribution in [1.82, 2.24) is 10.3 Å². The Bertz CT molecular complexity index is 568. The van der Waals surface area contributed by atoms with Crippen molar-refractivity contribution in [3.05, 3.63) is 11.1 Å². The third kappa shape index (κ3) is 4.75. The highest BCUT2D eigenvalue weighted by Gasteiger charge is 2.27. The predicted octanol–water partition coefficient (Wildman–Crippen LogP) is 1.35. The molecule has 112 valence electrons. The molecule has 1 aromatic heterocycles. The van der Waals surface area contributed by atoms with Crippen molar-refractivity contribution >= 4 is 38.8 Å². The summed E-state index contributed by atoms with van der Waals surface area (Å²) in [6.45, 7) is 2.51. The van der Waals surface area contributed by atoms with E-state index in [1.165, 1.54) is 0 Å². The van der Waals surface area contributed by atoms with E-state index in [0.29, 0.717) is 13.0 Å². The fourth-order valence-corrected chi connectivity index (χ4v) is 5.68. The predicted molar refractivity (Wildman–Crippen MR) is 82.0 cm³/mol. The van der Waals surface area contributed by atoms with E-state index in [0.717, 1.165) is 15.8 Å². The maximum absolute atomic E-state index is 11.8. The topological polar surface area (TPSA) is 76.1 Å². The minimum absolute atomic E-state index is 0.0607. The lowest BCUT2D eigenvalue weighted by molar-refractivity contribution is -0.120. The summed E-state index contributed by atoms with van der Waals surface area (Å²) in [5.41, 5.74) is 0.780. The molecule has 1 N–H and O–H groups in total. The molecule has 1 saturated heterocycles. The van der Waals surface area contributed by atoms with Gasteiger partial charge in [0.25, 0.3) is 0 Å². The van der Waals surface area contributed by atoms with Crippen molar-refractivity contribution in [2.24, 2.45) is 5.92 Å². The molecule has 8 heteroatoms. The molecule has 1 aromatic rings. The first-order valence-electron chi connectivity index (χ1n) is 6.53. The van der Waals surface area contributed by atoms with Crippen LogP contribution in [-0.2, 0) is 21.1 Å². The van der Waals surface area contributed by atoms with Gasteiger partial charge in [-0.15, -0.1) is 11.3 Å². The van der Waals surface area contributed by atoms with Crippen molar-refractivity contribution < 1.29 is 13.2 Å². The first kappa shape index (κ1) is 15.8. The average molecular weight is 334 g/mol. The average Bonchev–Trinajstić information content (AvgIpc) is 2.94. The molecule has 1 aliphatic heterocycles. The Hall–Kier alpha value is -0.600. The second kappa shape index (κ2) is 6.91. The third-order valence-electron chi connectivity index (χ3n) is 3.05. The van der Waals surface area contributed by atoms with Crippen LogP contribution >= 0.6 is 23.1 Å². The Morgan fingerprint density at radius 1 is 1.60 bits per heavy atom. The van der Waals surface area contributed by atoms with E-state index < -0.39 is 9.84 Å². The van der Waals surface area contributed by atoms with Crippen LogP contribution in [0.5, 0.6) is 0 Å². The number of sulfone groups is 1. The third-order valence-corrected chi connectivity index (χ3v) is 6.84. The monoisotopic (exact) mass is 334 g/mol. The molecule has 0 radical (unpaired) electrons. The highest BCUT2D eigenvalue weighted by atomic mass is 32.2. The van der Waals surface area contributed by atoms with E-state index in [2.05, 4.69) is 17.2 Å². The van der Waals surface area contributed by atoms with E-state index in [9.17, 15) is 13.2 Å². The number of amides is 1. The molecule has 0 aromatic carbocycles. The number of carbonyl (C=O) groups is 1. The van der Waals surface area contributed by atoms with Crippen LogP contribution in [0, 0.1) is 5.92 Å². The maximum atomic E-state index is 11.8. The molecule has 1 fully saturated rings. The fraction of sp³-hybridized carbons (Fsp3) is 0.667. The number of rotatable bonds is 6. The minimum atomic E-state index is -2.87. The first-order chi connectivity index (χ1) is 9.48. The van der Waals surface area contributed by atoms with Gasteiger partial charge in [-0.2, -0.15) is 0 Å². The summed E-state index contributed by atoms with van der Waals surface area (Å²) in [5.74, 6) is 1.38. The Balaban J connectivity index is 1.75. The van der Waals surface area contributed by atoms with E-state index >= 15 is 0 Å². The second-order valence-corrected chi connectivity index (χ2v) is 9.39.